The fraction of sp³-hybridized carbons (Fsp3) is 0.600. The van der Waals surface area contributed by atoms with Crippen molar-refractivity contribution in [2.45, 2.75) is 62.8 Å². The van der Waals surface area contributed by atoms with Gasteiger partial charge in [0.1, 0.15) is 11.4 Å². The van der Waals surface area contributed by atoms with Crippen LogP contribution in [0.4, 0.5) is 24.7 Å². The van der Waals surface area contributed by atoms with Crippen molar-refractivity contribution in [1.82, 2.24) is 15.2 Å². The van der Waals surface area contributed by atoms with Crippen molar-refractivity contribution < 1.29 is 32.2 Å². The fourth-order valence-corrected chi connectivity index (χ4v) is 4.38. The Morgan fingerprint density at radius 3 is 2.75 bits per heavy atom. The van der Waals surface area contributed by atoms with Crippen molar-refractivity contribution in [1.29, 1.82) is 0 Å². The monoisotopic (exact) mass is 455 g/mol. The van der Waals surface area contributed by atoms with Gasteiger partial charge in [-0.2, -0.15) is 13.2 Å². The molecule has 0 aromatic carbocycles. The van der Waals surface area contributed by atoms with E-state index < -0.39 is 30.1 Å². The SMILES string of the molecule is COC(=O)c1cc(N)c2nc1N1CCC[C@H]1CCCCCC(O)(C(F)(F)F)c1nnc-2o1. The molecule has 0 saturated carbocycles. The molecule has 2 atom stereocenters. The quantitative estimate of drug-likeness (QED) is 0.623. The van der Waals surface area contributed by atoms with Crippen LogP contribution in [0.25, 0.3) is 11.6 Å². The van der Waals surface area contributed by atoms with Crippen LogP contribution in [0.2, 0.25) is 0 Å². The number of fused-ring (bicyclic) bond motifs is 7. The molecule has 0 aliphatic carbocycles. The molecule has 0 spiro atoms. The Morgan fingerprint density at radius 2 is 2.03 bits per heavy atom. The molecule has 2 aromatic heterocycles. The van der Waals surface area contributed by atoms with Gasteiger partial charge in [-0.15, -0.1) is 10.2 Å². The third-order valence-electron chi connectivity index (χ3n) is 6.11. The summed E-state index contributed by atoms with van der Waals surface area (Å²) in [6.45, 7) is 0.661. The Kier molecular flexibility index (Phi) is 5.74. The summed E-state index contributed by atoms with van der Waals surface area (Å²) >= 11 is 0. The van der Waals surface area contributed by atoms with Crippen molar-refractivity contribution in [3.63, 3.8) is 0 Å². The van der Waals surface area contributed by atoms with E-state index in [4.69, 9.17) is 14.9 Å². The largest absolute Gasteiger partial charge is 0.465 e. The van der Waals surface area contributed by atoms with Crippen LogP contribution in [0.3, 0.4) is 0 Å². The minimum Gasteiger partial charge on any atom is -0.465 e. The first-order valence-electron chi connectivity index (χ1n) is 10.4. The van der Waals surface area contributed by atoms with Gasteiger partial charge in [0.25, 0.3) is 11.8 Å². The number of nitrogens with two attached hydrogens (primary N) is 1. The number of nitrogens with zero attached hydrogens (tertiary/aromatic N) is 4. The van der Waals surface area contributed by atoms with E-state index in [-0.39, 0.29) is 35.3 Å². The molecule has 2 aliphatic rings. The summed E-state index contributed by atoms with van der Waals surface area (Å²) in [5.41, 5.74) is 2.84. The van der Waals surface area contributed by atoms with Gasteiger partial charge >= 0.3 is 12.1 Å². The Bertz CT molecular complexity index is 1010. The van der Waals surface area contributed by atoms with Gasteiger partial charge in [0.05, 0.1) is 12.8 Å². The van der Waals surface area contributed by atoms with Gasteiger partial charge in [0, 0.05) is 12.6 Å². The number of carbonyl (C=O) groups excluding carboxylic acids is 1. The molecule has 9 nitrogen and oxygen atoms in total. The van der Waals surface area contributed by atoms with Crippen molar-refractivity contribution in [3.05, 3.63) is 17.5 Å². The van der Waals surface area contributed by atoms with Crippen LogP contribution < -0.4 is 10.6 Å². The number of halogens is 3. The van der Waals surface area contributed by atoms with Crippen molar-refractivity contribution in [2.24, 2.45) is 0 Å². The first kappa shape index (κ1) is 22.3. The van der Waals surface area contributed by atoms with Gasteiger partial charge in [-0.25, -0.2) is 9.78 Å². The van der Waals surface area contributed by atoms with Crippen molar-refractivity contribution in [2.75, 3.05) is 24.3 Å². The normalized spacial score (nSPS) is 24.0. The second-order valence-corrected chi connectivity index (χ2v) is 8.15. The van der Waals surface area contributed by atoms with Gasteiger partial charge in [-0.05, 0) is 38.2 Å². The molecule has 12 heteroatoms. The second-order valence-electron chi connectivity index (χ2n) is 8.15. The van der Waals surface area contributed by atoms with E-state index in [2.05, 4.69) is 15.2 Å². The molecule has 174 valence electrons. The van der Waals surface area contributed by atoms with Crippen LogP contribution in [-0.2, 0) is 10.3 Å². The Morgan fingerprint density at radius 1 is 1.28 bits per heavy atom. The maximum atomic E-state index is 13.7. The first-order valence-corrected chi connectivity index (χ1v) is 10.4. The third kappa shape index (κ3) is 3.76. The summed E-state index contributed by atoms with van der Waals surface area (Å²) in [5.74, 6) is -1.65. The summed E-state index contributed by atoms with van der Waals surface area (Å²) in [5, 5.41) is 17.6. The maximum Gasteiger partial charge on any atom is 0.426 e. The van der Waals surface area contributed by atoms with Gasteiger partial charge in [0.15, 0.2) is 5.69 Å². The number of rotatable bonds is 1. The molecule has 3 N–H and O–H groups in total. The van der Waals surface area contributed by atoms with Gasteiger partial charge in [-0.3, -0.25) is 0 Å². The molecule has 4 heterocycles. The first-order chi connectivity index (χ1) is 15.2. The molecule has 1 unspecified atom stereocenters. The zero-order valence-corrected chi connectivity index (χ0v) is 17.5. The summed E-state index contributed by atoms with van der Waals surface area (Å²) in [7, 11) is 1.24. The predicted octanol–water partition coefficient (Wildman–Crippen LogP) is 3.18. The van der Waals surface area contributed by atoms with Crippen LogP contribution in [0, 0.1) is 0 Å². The van der Waals surface area contributed by atoms with Crippen molar-refractivity contribution >= 4 is 17.5 Å². The lowest BCUT2D eigenvalue weighted by atomic mass is 9.94. The predicted molar refractivity (Wildman–Crippen MR) is 107 cm³/mol. The van der Waals surface area contributed by atoms with E-state index in [1.807, 2.05) is 4.90 Å². The highest BCUT2D eigenvalue weighted by molar-refractivity contribution is 5.97. The molecule has 32 heavy (non-hydrogen) atoms. The molecule has 1 fully saturated rings. The van der Waals surface area contributed by atoms with Gasteiger partial charge < -0.3 is 24.9 Å². The van der Waals surface area contributed by atoms with Crippen molar-refractivity contribution in [3.8, 4) is 11.6 Å². The molecular weight excluding hydrogens is 431 g/mol. The summed E-state index contributed by atoms with van der Waals surface area (Å²) < 4.78 is 51.4. The smallest absolute Gasteiger partial charge is 0.426 e. The molecular formula is C20H24F3N5O4. The Balaban J connectivity index is 1.88. The number of ether oxygens (including phenoxy) is 1. The zero-order valence-electron chi connectivity index (χ0n) is 17.5. The van der Waals surface area contributed by atoms with E-state index >= 15 is 0 Å². The maximum absolute atomic E-state index is 13.7. The van der Waals surface area contributed by atoms with Crippen LogP contribution in [0.1, 0.15) is 61.2 Å². The minimum atomic E-state index is -5.00. The lowest BCUT2D eigenvalue weighted by molar-refractivity contribution is -0.277. The average molecular weight is 455 g/mol. The van der Waals surface area contributed by atoms with Crippen LogP contribution in [0.15, 0.2) is 10.5 Å². The highest BCUT2D eigenvalue weighted by Crippen LogP contribution is 2.44. The number of methoxy groups -OCH3 is 1. The van der Waals surface area contributed by atoms with E-state index in [1.54, 1.807) is 0 Å². The van der Waals surface area contributed by atoms with E-state index in [9.17, 15) is 23.1 Å². The Hall–Kier alpha value is -2.89. The summed E-state index contributed by atoms with van der Waals surface area (Å²) in [6.07, 6.45) is -1.89. The number of aromatic nitrogens is 3. The number of pyridine rings is 1. The number of anilines is 2. The standard InChI is InChI=1S/C20H24F3N5O4/c1-31-17(29)12-10-13(24)14-16-26-27-18(32-16)19(30,20(21,22)23)8-4-2-3-6-11-7-5-9-28(11)15(12)25-14/h10-11,30H,2-9,24H2,1H3/t11-,19?/m1/s1. The second kappa shape index (κ2) is 8.23. The van der Waals surface area contributed by atoms with E-state index in [0.29, 0.717) is 31.6 Å². The number of aliphatic hydroxyl groups is 1. The van der Waals surface area contributed by atoms with Crippen LogP contribution in [-0.4, -0.2) is 52.1 Å². The molecule has 2 aromatic rings. The molecule has 2 aliphatic heterocycles. The molecule has 0 radical (unpaired) electrons. The van der Waals surface area contributed by atoms with Gasteiger partial charge in [0.2, 0.25) is 5.60 Å². The molecule has 1 saturated heterocycles. The Labute approximate surface area is 181 Å². The van der Waals surface area contributed by atoms with Crippen LogP contribution in [0.5, 0.6) is 0 Å². The molecule has 4 bridgehead atoms. The number of alkyl halides is 3. The topological polar surface area (TPSA) is 128 Å². The number of nitrogen functional groups attached to an aromatic ring is 1. The van der Waals surface area contributed by atoms with Crippen LogP contribution >= 0.6 is 0 Å². The lowest BCUT2D eigenvalue weighted by Crippen LogP contribution is -2.42. The number of hydrogen-bond donors (Lipinski definition) is 2. The highest BCUT2D eigenvalue weighted by Gasteiger charge is 2.58. The number of hydrogen-bond acceptors (Lipinski definition) is 9. The van der Waals surface area contributed by atoms with E-state index in [0.717, 1.165) is 12.8 Å². The molecule has 4 rings (SSSR count). The third-order valence-corrected chi connectivity index (χ3v) is 6.11. The summed E-state index contributed by atoms with van der Waals surface area (Å²) in [4.78, 5) is 18.9. The minimum absolute atomic E-state index is 0.0391. The zero-order chi connectivity index (χ0) is 23.1. The molecule has 0 amide bonds. The summed E-state index contributed by atoms with van der Waals surface area (Å²) in [6, 6.07) is 1.41. The van der Waals surface area contributed by atoms with E-state index in [1.165, 1.54) is 13.2 Å². The van der Waals surface area contributed by atoms with Gasteiger partial charge in [-0.1, -0.05) is 12.8 Å². The number of carbonyl (C=O) groups is 1. The number of esters is 1. The average Bonchev–Trinajstić information content (AvgIpc) is 3.41. The highest BCUT2D eigenvalue weighted by atomic mass is 19.4. The lowest BCUT2D eigenvalue weighted by Gasteiger charge is -2.29. The fourth-order valence-electron chi connectivity index (χ4n) is 4.38.